The molecule has 1 aliphatic heterocycles. The zero-order chi connectivity index (χ0) is 20.1. The highest BCUT2D eigenvalue weighted by atomic mass is 19.1. The monoisotopic (exact) mass is 387 g/mol. The Hall–Kier alpha value is -2.64. The first-order valence-electron chi connectivity index (χ1n) is 9.94. The number of guanidine groups is 1. The van der Waals surface area contributed by atoms with Gasteiger partial charge in [-0.2, -0.15) is 5.10 Å². The molecule has 0 saturated heterocycles. The van der Waals surface area contributed by atoms with Crippen molar-refractivity contribution in [3.63, 3.8) is 0 Å². The van der Waals surface area contributed by atoms with Crippen LogP contribution in [0.25, 0.3) is 0 Å². The maximum atomic E-state index is 14.5. The van der Waals surface area contributed by atoms with Gasteiger partial charge in [-0.15, -0.1) is 0 Å². The smallest absolute Gasteiger partial charge is 0.191 e. The summed E-state index contributed by atoms with van der Waals surface area (Å²) in [6.45, 7) is 8.83. The Kier molecular flexibility index (Phi) is 6.49. The molecule has 0 aliphatic carbocycles. The summed E-state index contributed by atoms with van der Waals surface area (Å²) < 4.78 is 16.4. The summed E-state index contributed by atoms with van der Waals surface area (Å²) in [5, 5.41) is 11.2. The molecular weight excluding hydrogens is 357 g/mol. The Morgan fingerprint density at radius 3 is 2.82 bits per heavy atom. The van der Waals surface area contributed by atoms with Gasteiger partial charge in [0, 0.05) is 39.1 Å². The molecule has 8 heteroatoms. The maximum Gasteiger partial charge on any atom is 0.191 e. The SMILES string of the molecule is CCN(CC)c1ccc(CNC(=NC)NC2CCc3nc(C)nn3C2)cc1F. The number of fused-ring (bicyclic) bond motifs is 1. The highest BCUT2D eigenvalue weighted by Crippen LogP contribution is 2.20. The molecule has 1 aromatic carbocycles. The number of aryl methyl sites for hydroxylation is 2. The third-order valence-corrected chi connectivity index (χ3v) is 5.10. The quantitative estimate of drug-likeness (QED) is 0.588. The molecule has 2 heterocycles. The second-order valence-electron chi connectivity index (χ2n) is 7.02. The van der Waals surface area contributed by atoms with Gasteiger partial charge in [-0.05, 0) is 44.9 Å². The Morgan fingerprint density at radius 1 is 1.36 bits per heavy atom. The normalized spacial score (nSPS) is 16.6. The van der Waals surface area contributed by atoms with Crippen LogP contribution in [0.5, 0.6) is 0 Å². The van der Waals surface area contributed by atoms with Crippen molar-refractivity contribution in [1.29, 1.82) is 0 Å². The Balaban J connectivity index is 1.57. The highest BCUT2D eigenvalue weighted by Gasteiger charge is 2.21. The number of hydrogen-bond donors (Lipinski definition) is 2. The number of aliphatic imine (C=N–C) groups is 1. The second kappa shape index (κ2) is 9.03. The molecule has 0 amide bonds. The summed E-state index contributed by atoms with van der Waals surface area (Å²) in [6.07, 6.45) is 1.87. The van der Waals surface area contributed by atoms with E-state index in [1.807, 2.05) is 42.5 Å². The highest BCUT2D eigenvalue weighted by molar-refractivity contribution is 5.80. The molecule has 1 unspecified atom stereocenters. The Morgan fingerprint density at radius 2 is 2.14 bits per heavy atom. The Bertz CT molecular complexity index is 826. The van der Waals surface area contributed by atoms with E-state index in [1.165, 1.54) is 0 Å². The van der Waals surface area contributed by atoms with E-state index in [0.29, 0.717) is 18.2 Å². The molecule has 3 rings (SSSR count). The number of rotatable bonds is 6. The summed E-state index contributed by atoms with van der Waals surface area (Å²) >= 11 is 0. The zero-order valence-corrected chi connectivity index (χ0v) is 17.2. The van der Waals surface area contributed by atoms with Gasteiger partial charge in [0.15, 0.2) is 5.96 Å². The predicted molar refractivity (Wildman–Crippen MR) is 110 cm³/mol. The van der Waals surface area contributed by atoms with Crippen molar-refractivity contribution >= 4 is 11.6 Å². The fourth-order valence-electron chi connectivity index (χ4n) is 3.61. The lowest BCUT2D eigenvalue weighted by atomic mass is 10.1. The average Bonchev–Trinajstić information content (AvgIpc) is 3.06. The van der Waals surface area contributed by atoms with E-state index in [0.717, 1.165) is 49.7 Å². The lowest BCUT2D eigenvalue weighted by Crippen LogP contribution is -2.46. The summed E-state index contributed by atoms with van der Waals surface area (Å²) in [5.74, 6) is 2.38. The van der Waals surface area contributed by atoms with Crippen molar-refractivity contribution in [2.24, 2.45) is 4.99 Å². The van der Waals surface area contributed by atoms with Gasteiger partial charge in [-0.1, -0.05) is 6.07 Å². The van der Waals surface area contributed by atoms with Crippen LogP contribution in [0.1, 0.15) is 37.5 Å². The van der Waals surface area contributed by atoms with Crippen molar-refractivity contribution in [2.75, 3.05) is 25.0 Å². The fourth-order valence-corrected chi connectivity index (χ4v) is 3.61. The zero-order valence-electron chi connectivity index (χ0n) is 17.2. The van der Waals surface area contributed by atoms with Gasteiger partial charge in [0.1, 0.15) is 17.5 Å². The van der Waals surface area contributed by atoms with Crippen LogP contribution in [0.2, 0.25) is 0 Å². The Labute approximate surface area is 166 Å². The van der Waals surface area contributed by atoms with E-state index < -0.39 is 0 Å². The van der Waals surface area contributed by atoms with E-state index >= 15 is 0 Å². The molecule has 0 fully saturated rings. The molecular formula is C20H30FN7. The van der Waals surface area contributed by atoms with Crippen LogP contribution in [0.4, 0.5) is 10.1 Å². The van der Waals surface area contributed by atoms with Gasteiger partial charge in [0.05, 0.1) is 12.2 Å². The molecule has 2 aromatic rings. The molecule has 152 valence electrons. The van der Waals surface area contributed by atoms with E-state index in [9.17, 15) is 4.39 Å². The van der Waals surface area contributed by atoms with Crippen LogP contribution in [-0.2, 0) is 19.5 Å². The van der Waals surface area contributed by atoms with E-state index in [4.69, 9.17) is 0 Å². The molecule has 1 aliphatic rings. The topological polar surface area (TPSA) is 70.4 Å². The number of aromatic nitrogens is 3. The summed E-state index contributed by atoms with van der Waals surface area (Å²) in [5.41, 5.74) is 1.53. The van der Waals surface area contributed by atoms with Gasteiger partial charge >= 0.3 is 0 Å². The van der Waals surface area contributed by atoms with E-state index in [1.54, 1.807) is 13.1 Å². The maximum absolute atomic E-state index is 14.5. The lowest BCUT2D eigenvalue weighted by molar-refractivity contribution is 0.392. The minimum Gasteiger partial charge on any atom is -0.370 e. The van der Waals surface area contributed by atoms with E-state index in [2.05, 4.69) is 25.7 Å². The molecule has 1 atom stereocenters. The van der Waals surface area contributed by atoms with Crippen molar-refractivity contribution in [1.82, 2.24) is 25.4 Å². The number of nitrogens with zero attached hydrogens (tertiary/aromatic N) is 5. The van der Waals surface area contributed by atoms with Gasteiger partial charge in [0.2, 0.25) is 0 Å². The van der Waals surface area contributed by atoms with Gasteiger partial charge in [0.25, 0.3) is 0 Å². The van der Waals surface area contributed by atoms with Crippen LogP contribution < -0.4 is 15.5 Å². The van der Waals surface area contributed by atoms with Crippen LogP contribution in [0, 0.1) is 12.7 Å². The third-order valence-electron chi connectivity index (χ3n) is 5.10. The first kappa shape index (κ1) is 20.1. The molecule has 0 bridgehead atoms. The van der Waals surface area contributed by atoms with Crippen LogP contribution in [-0.4, -0.2) is 46.9 Å². The first-order chi connectivity index (χ1) is 13.5. The fraction of sp³-hybridized carbons (Fsp3) is 0.550. The van der Waals surface area contributed by atoms with Crippen LogP contribution in [0.3, 0.4) is 0 Å². The first-order valence-corrected chi connectivity index (χ1v) is 9.94. The minimum absolute atomic E-state index is 0.188. The van der Waals surface area contributed by atoms with E-state index in [-0.39, 0.29) is 11.9 Å². The predicted octanol–water partition coefficient (Wildman–Crippen LogP) is 2.25. The number of nitrogens with one attached hydrogen (secondary N) is 2. The number of halogens is 1. The number of hydrogen-bond acceptors (Lipinski definition) is 4. The summed E-state index contributed by atoms with van der Waals surface area (Å²) in [4.78, 5) is 10.8. The molecule has 0 saturated carbocycles. The molecule has 28 heavy (non-hydrogen) atoms. The molecule has 1 aromatic heterocycles. The average molecular weight is 388 g/mol. The summed E-state index contributed by atoms with van der Waals surface area (Å²) in [6, 6.07) is 5.65. The standard InChI is InChI=1S/C20H30FN7/c1-5-27(6-2)18-9-7-15(11-17(18)21)12-23-20(22-4)25-16-8-10-19-24-14(3)26-28(19)13-16/h7,9,11,16H,5-6,8,10,12-13H2,1-4H3,(H2,22,23,25). The van der Waals surface area contributed by atoms with Gasteiger partial charge < -0.3 is 15.5 Å². The van der Waals surface area contributed by atoms with Crippen molar-refractivity contribution in [3.05, 3.63) is 41.2 Å². The third kappa shape index (κ3) is 4.61. The molecule has 0 radical (unpaired) electrons. The van der Waals surface area contributed by atoms with Gasteiger partial charge in [-0.25, -0.2) is 14.1 Å². The van der Waals surface area contributed by atoms with Crippen LogP contribution in [0.15, 0.2) is 23.2 Å². The van der Waals surface area contributed by atoms with Gasteiger partial charge in [-0.3, -0.25) is 4.99 Å². The number of benzene rings is 1. The lowest BCUT2D eigenvalue weighted by Gasteiger charge is -2.25. The summed E-state index contributed by atoms with van der Waals surface area (Å²) in [7, 11) is 1.74. The minimum atomic E-state index is -0.188. The largest absolute Gasteiger partial charge is 0.370 e. The number of anilines is 1. The van der Waals surface area contributed by atoms with Crippen molar-refractivity contribution in [2.45, 2.75) is 52.7 Å². The van der Waals surface area contributed by atoms with Crippen molar-refractivity contribution < 1.29 is 4.39 Å². The van der Waals surface area contributed by atoms with Crippen molar-refractivity contribution in [3.8, 4) is 0 Å². The van der Waals surface area contributed by atoms with Crippen LogP contribution >= 0.6 is 0 Å². The molecule has 2 N–H and O–H groups in total. The molecule has 0 spiro atoms. The molecule has 7 nitrogen and oxygen atoms in total. The second-order valence-corrected chi connectivity index (χ2v) is 7.02.